The highest BCUT2D eigenvalue weighted by Crippen LogP contribution is 2.01. The van der Waals surface area contributed by atoms with Crippen molar-refractivity contribution in [2.24, 2.45) is 10.9 Å². The molecule has 0 aliphatic carbocycles. The minimum absolute atomic E-state index is 0.0642. The van der Waals surface area contributed by atoms with E-state index < -0.39 is 0 Å². The molecule has 0 aliphatic rings. The van der Waals surface area contributed by atoms with Crippen LogP contribution in [0.1, 0.15) is 16.9 Å². The van der Waals surface area contributed by atoms with E-state index in [4.69, 9.17) is 15.7 Å². The van der Waals surface area contributed by atoms with E-state index >= 15 is 0 Å². The summed E-state index contributed by atoms with van der Waals surface area (Å²) in [5.74, 6) is -0.203. The lowest BCUT2D eigenvalue weighted by Crippen LogP contribution is -2.37. The molecule has 1 rings (SSSR count). The molecule has 0 unspecified atom stereocenters. The Hall–Kier alpha value is -2.22. The van der Waals surface area contributed by atoms with Crippen molar-refractivity contribution in [3.8, 4) is 0 Å². The van der Waals surface area contributed by atoms with Gasteiger partial charge in [0.15, 0.2) is 0 Å². The molecule has 0 aliphatic heterocycles. The maximum atomic E-state index is 12.2. The van der Waals surface area contributed by atoms with Crippen molar-refractivity contribution in [3.05, 3.63) is 24.3 Å². The number of nitrogens with zero attached hydrogens (tertiary/aromatic N) is 4. The van der Waals surface area contributed by atoms with Crippen molar-refractivity contribution in [2.45, 2.75) is 6.42 Å². The summed E-state index contributed by atoms with van der Waals surface area (Å²) in [6.07, 6.45) is 4.61. The second kappa shape index (κ2) is 7.98. The number of aromatic nitrogens is 2. The molecule has 1 aromatic rings. The molecule has 0 radical (unpaired) electrons. The summed E-state index contributed by atoms with van der Waals surface area (Å²) >= 11 is 0. The second-order valence-electron chi connectivity index (χ2n) is 3.72. The fraction of sp³-hybridized carbons (Fsp3) is 0.455. The van der Waals surface area contributed by atoms with Crippen LogP contribution in [0.25, 0.3) is 0 Å². The van der Waals surface area contributed by atoms with Crippen molar-refractivity contribution in [1.29, 1.82) is 0 Å². The summed E-state index contributed by atoms with van der Waals surface area (Å²) in [5, 5.41) is 11.4. The molecule has 0 saturated carbocycles. The predicted molar refractivity (Wildman–Crippen MR) is 67.8 cm³/mol. The van der Waals surface area contributed by atoms with Crippen LogP contribution in [-0.2, 0) is 4.74 Å². The smallest absolute Gasteiger partial charge is 0.274 e. The number of ether oxygens (including phenoxy) is 1. The van der Waals surface area contributed by atoms with Gasteiger partial charge in [-0.05, 0) is 0 Å². The quantitative estimate of drug-likeness (QED) is 0.303. The third-order valence-corrected chi connectivity index (χ3v) is 2.40. The van der Waals surface area contributed by atoms with Crippen LogP contribution >= 0.6 is 0 Å². The van der Waals surface area contributed by atoms with Gasteiger partial charge in [-0.15, -0.1) is 0 Å². The summed E-state index contributed by atoms with van der Waals surface area (Å²) in [5.41, 5.74) is 5.64. The highest BCUT2D eigenvalue weighted by atomic mass is 16.5. The van der Waals surface area contributed by atoms with Gasteiger partial charge in [-0.3, -0.25) is 9.78 Å². The lowest BCUT2D eigenvalue weighted by molar-refractivity contribution is 0.0694. The van der Waals surface area contributed by atoms with Crippen LogP contribution in [0.2, 0.25) is 0 Å². The molecule has 0 bridgehead atoms. The first-order valence-corrected chi connectivity index (χ1v) is 5.69. The van der Waals surface area contributed by atoms with E-state index in [1.807, 2.05) is 0 Å². The molecule has 8 nitrogen and oxygen atoms in total. The highest BCUT2D eigenvalue weighted by Gasteiger charge is 2.17. The number of amidine groups is 1. The van der Waals surface area contributed by atoms with Crippen LogP contribution < -0.4 is 5.73 Å². The minimum Gasteiger partial charge on any atom is -0.409 e. The Balaban J connectivity index is 2.70. The van der Waals surface area contributed by atoms with Gasteiger partial charge in [-0.25, -0.2) is 4.98 Å². The van der Waals surface area contributed by atoms with Crippen LogP contribution in [0.4, 0.5) is 0 Å². The third kappa shape index (κ3) is 4.88. The lowest BCUT2D eigenvalue weighted by Gasteiger charge is -2.21. The Bertz CT molecular complexity index is 424. The summed E-state index contributed by atoms with van der Waals surface area (Å²) in [6.45, 7) is 1.10. The number of carbonyl (C=O) groups excluding carboxylic acids is 1. The summed E-state index contributed by atoms with van der Waals surface area (Å²) in [7, 11) is 1.55. The van der Waals surface area contributed by atoms with E-state index in [1.54, 1.807) is 7.11 Å². The maximum absolute atomic E-state index is 12.2. The van der Waals surface area contributed by atoms with Crippen LogP contribution in [0, 0.1) is 0 Å². The number of carbonyl (C=O) groups is 1. The van der Waals surface area contributed by atoms with Crippen LogP contribution in [-0.4, -0.2) is 58.6 Å². The molecular formula is C11H17N5O3. The minimum atomic E-state index is -0.268. The van der Waals surface area contributed by atoms with Crippen molar-refractivity contribution in [1.82, 2.24) is 14.9 Å². The number of hydrogen-bond acceptors (Lipinski definition) is 6. The number of nitrogens with two attached hydrogens (primary N) is 1. The largest absolute Gasteiger partial charge is 0.409 e. The average molecular weight is 267 g/mol. The van der Waals surface area contributed by atoms with Crippen molar-refractivity contribution in [3.63, 3.8) is 0 Å². The highest BCUT2D eigenvalue weighted by molar-refractivity contribution is 5.92. The maximum Gasteiger partial charge on any atom is 0.274 e. The SMILES string of the molecule is COCCN(CCC(N)=NO)C(=O)c1cnccn1. The number of oxime groups is 1. The summed E-state index contributed by atoms with van der Waals surface area (Å²) in [6, 6.07) is 0. The summed E-state index contributed by atoms with van der Waals surface area (Å²) in [4.78, 5) is 21.5. The standard InChI is InChI=1S/C11H17N5O3/c1-19-7-6-16(5-2-10(12)15-18)11(17)9-8-13-3-4-14-9/h3-4,8,18H,2,5-7H2,1H3,(H2,12,15). The molecule has 3 N–H and O–H groups in total. The molecule has 0 atom stereocenters. The van der Waals surface area contributed by atoms with E-state index in [2.05, 4.69) is 15.1 Å². The normalized spacial score (nSPS) is 11.3. The van der Waals surface area contributed by atoms with E-state index in [9.17, 15) is 4.79 Å². The van der Waals surface area contributed by atoms with Crippen molar-refractivity contribution in [2.75, 3.05) is 26.8 Å². The van der Waals surface area contributed by atoms with Gasteiger partial charge in [0.2, 0.25) is 0 Å². The Labute approximate surface area is 110 Å². The van der Waals surface area contributed by atoms with Gasteiger partial charge in [0.25, 0.3) is 5.91 Å². The Morgan fingerprint density at radius 2 is 2.32 bits per heavy atom. The summed E-state index contributed by atoms with van der Waals surface area (Å²) < 4.78 is 4.95. The molecule has 0 fully saturated rings. The zero-order chi connectivity index (χ0) is 14.1. The van der Waals surface area contributed by atoms with E-state index in [1.165, 1.54) is 23.5 Å². The van der Waals surface area contributed by atoms with Gasteiger partial charge < -0.3 is 20.6 Å². The van der Waals surface area contributed by atoms with Crippen molar-refractivity contribution < 1.29 is 14.7 Å². The predicted octanol–water partition coefficient (Wildman–Crippen LogP) is -0.298. The first-order chi connectivity index (χ1) is 9.19. The number of hydrogen-bond donors (Lipinski definition) is 2. The zero-order valence-corrected chi connectivity index (χ0v) is 10.7. The monoisotopic (exact) mass is 267 g/mol. The second-order valence-corrected chi connectivity index (χ2v) is 3.72. The van der Waals surface area contributed by atoms with E-state index in [0.717, 1.165) is 0 Å². The van der Waals surface area contributed by atoms with Crippen LogP contribution in [0.5, 0.6) is 0 Å². The Morgan fingerprint density at radius 3 is 2.89 bits per heavy atom. The first kappa shape index (κ1) is 14.8. The van der Waals surface area contributed by atoms with Crippen LogP contribution in [0.3, 0.4) is 0 Å². The Kier molecular flexibility index (Phi) is 6.23. The van der Waals surface area contributed by atoms with Gasteiger partial charge in [0, 0.05) is 39.0 Å². The molecule has 1 aromatic heterocycles. The van der Waals surface area contributed by atoms with Crippen molar-refractivity contribution >= 4 is 11.7 Å². The van der Waals surface area contributed by atoms with Gasteiger partial charge in [-0.2, -0.15) is 0 Å². The number of rotatable bonds is 7. The molecule has 8 heteroatoms. The fourth-order valence-electron chi connectivity index (χ4n) is 1.39. The van der Waals surface area contributed by atoms with Crippen LogP contribution in [0.15, 0.2) is 23.7 Å². The average Bonchev–Trinajstić information content (AvgIpc) is 2.47. The van der Waals surface area contributed by atoms with Gasteiger partial charge in [-0.1, -0.05) is 5.16 Å². The van der Waals surface area contributed by atoms with E-state index in [-0.39, 0.29) is 23.9 Å². The third-order valence-electron chi connectivity index (χ3n) is 2.40. The molecular weight excluding hydrogens is 250 g/mol. The molecule has 1 heterocycles. The molecule has 0 saturated heterocycles. The first-order valence-electron chi connectivity index (χ1n) is 5.69. The molecule has 104 valence electrons. The molecule has 0 spiro atoms. The van der Waals surface area contributed by atoms with Gasteiger partial charge in [0.1, 0.15) is 11.5 Å². The number of methoxy groups -OCH3 is 1. The van der Waals surface area contributed by atoms with E-state index in [0.29, 0.717) is 19.7 Å². The fourth-order valence-corrected chi connectivity index (χ4v) is 1.39. The molecule has 1 amide bonds. The molecule has 19 heavy (non-hydrogen) atoms. The Morgan fingerprint density at radius 1 is 1.53 bits per heavy atom. The topological polar surface area (TPSA) is 114 Å². The number of amides is 1. The lowest BCUT2D eigenvalue weighted by atomic mass is 10.3. The van der Waals surface area contributed by atoms with Gasteiger partial charge >= 0.3 is 0 Å². The molecule has 0 aromatic carbocycles. The zero-order valence-electron chi connectivity index (χ0n) is 10.7. The van der Waals surface area contributed by atoms with Gasteiger partial charge in [0.05, 0.1) is 12.8 Å².